The van der Waals surface area contributed by atoms with E-state index in [9.17, 15) is 14.7 Å². The number of carbonyl (C=O) groups is 2. The third-order valence-electron chi connectivity index (χ3n) is 6.26. The van der Waals surface area contributed by atoms with E-state index in [0.29, 0.717) is 23.4 Å². The highest BCUT2D eigenvalue weighted by atomic mass is 16.5. The summed E-state index contributed by atoms with van der Waals surface area (Å²) in [6, 6.07) is 13.8. The zero-order valence-corrected chi connectivity index (χ0v) is 20.7. The quantitative estimate of drug-likeness (QED) is 0.278. The molecule has 0 aliphatic carbocycles. The summed E-state index contributed by atoms with van der Waals surface area (Å²) in [5.41, 5.74) is 4.60. The lowest BCUT2D eigenvalue weighted by atomic mass is 9.93. The van der Waals surface area contributed by atoms with Crippen LogP contribution < -0.4 is 9.64 Å². The number of ether oxygens (including phenoxy) is 1. The van der Waals surface area contributed by atoms with Crippen molar-refractivity contribution in [2.45, 2.75) is 46.6 Å². The number of Topliss-reactive ketones (excluding diaryl/α,β-unsaturated/α-hetero) is 1. The molecule has 35 heavy (non-hydrogen) atoms. The molecule has 1 aromatic heterocycles. The lowest BCUT2D eigenvalue weighted by Gasteiger charge is -2.26. The molecule has 0 spiro atoms. The first-order chi connectivity index (χ1) is 16.7. The Morgan fingerprint density at radius 3 is 2.51 bits per heavy atom. The Kier molecular flexibility index (Phi) is 6.74. The molecule has 0 bridgehead atoms. The molecular weight excluding hydrogens is 440 g/mol. The molecule has 1 unspecified atom stereocenters. The molecule has 1 aliphatic heterocycles. The van der Waals surface area contributed by atoms with Gasteiger partial charge in [0.2, 0.25) is 0 Å². The summed E-state index contributed by atoms with van der Waals surface area (Å²) < 4.78 is 5.75. The molecular formula is C29H30N2O4. The molecule has 1 fully saturated rings. The number of pyridine rings is 1. The number of nitrogens with zero attached hydrogens (tertiary/aromatic N) is 2. The Morgan fingerprint density at radius 1 is 1.11 bits per heavy atom. The van der Waals surface area contributed by atoms with E-state index in [1.54, 1.807) is 30.6 Å². The molecule has 1 amide bonds. The van der Waals surface area contributed by atoms with Crippen molar-refractivity contribution in [2.24, 2.45) is 0 Å². The van der Waals surface area contributed by atoms with Crippen LogP contribution in [0.5, 0.6) is 5.75 Å². The van der Waals surface area contributed by atoms with Crippen LogP contribution in [0.4, 0.5) is 5.69 Å². The first-order valence-corrected chi connectivity index (χ1v) is 11.8. The molecule has 3 aromatic rings. The average Bonchev–Trinajstić information content (AvgIpc) is 3.10. The molecule has 1 aliphatic rings. The molecule has 1 atom stereocenters. The van der Waals surface area contributed by atoms with E-state index in [4.69, 9.17) is 4.74 Å². The summed E-state index contributed by atoms with van der Waals surface area (Å²) in [5, 5.41) is 11.5. The van der Waals surface area contributed by atoms with Crippen molar-refractivity contribution >= 4 is 23.1 Å². The third-order valence-corrected chi connectivity index (χ3v) is 6.26. The van der Waals surface area contributed by atoms with Crippen LogP contribution in [0.3, 0.4) is 0 Å². The van der Waals surface area contributed by atoms with Gasteiger partial charge in [-0.05, 0) is 73.7 Å². The minimum absolute atomic E-state index is 0.0434. The number of rotatable bonds is 6. The largest absolute Gasteiger partial charge is 0.507 e. The average molecular weight is 471 g/mol. The lowest BCUT2D eigenvalue weighted by Crippen LogP contribution is -2.30. The molecule has 0 radical (unpaired) electrons. The van der Waals surface area contributed by atoms with Gasteiger partial charge in [-0.25, -0.2) is 0 Å². The van der Waals surface area contributed by atoms with Crippen molar-refractivity contribution in [1.29, 1.82) is 0 Å². The summed E-state index contributed by atoms with van der Waals surface area (Å²) in [4.78, 5) is 32.5. The third kappa shape index (κ3) is 4.44. The van der Waals surface area contributed by atoms with Gasteiger partial charge >= 0.3 is 0 Å². The van der Waals surface area contributed by atoms with E-state index < -0.39 is 17.7 Å². The van der Waals surface area contributed by atoms with Crippen LogP contribution in [0.15, 0.2) is 66.5 Å². The Morgan fingerprint density at radius 2 is 1.89 bits per heavy atom. The topological polar surface area (TPSA) is 79.7 Å². The Bertz CT molecular complexity index is 1310. The van der Waals surface area contributed by atoms with Gasteiger partial charge in [-0.15, -0.1) is 0 Å². The maximum atomic E-state index is 13.4. The zero-order valence-electron chi connectivity index (χ0n) is 20.7. The number of aliphatic hydroxyl groups is 1. The van der Waals surface area contributed by atoms with Gasteiger partial charge in [-0.3, -0.25) is 19.5 Å². The number of aryl methyl sites for hydroxylation is 2. The van der Waals surface area contributed by atoms with Gasteiger partial charge in [-0.1, -0.05) is 37.6 Å². The fourth-order valence-corrected chi connectivity index (χ4v) is 4.60. The summed E-state index contributed by atoms with van der Waals surface area (Å²) in [7, 11) is 0. The van der Waals surface area contributed by atoms with Gasteiger partial charge in [0.05, 0.1) is 18.2 Å². The maximum absolute atomic E-state index is 13.4. The molecule has 1 saturated heterocycles. The Balaban J connectivity index is 1.94. The van der Waals surface area contributed by atoms with Crippen LogP contribution in [0.2, 0.25) is 0 Å². The maximum Gasteiger partial charge on any atom is 0.300 e. The van der Waals surface area contributed by atoms with Gasteiger partial charge in [0.25, 0.3) is 11.7 Å². The van der Waals surface area contributed by atoms with E-state index >= 15 is 0 Å². The highest BCUT2D eigenvalue weighted by Crippen LogP contribution is 2.43. The van der Waals surface area contributed by atoms with Crippen molar-refractivity contribution in [3.8, 4) is 5.75 Å². The molecule has 6 heteroatoms. The number of hydrogen-bond donors (Lipinski definition) is 1. The van der Waals surface area contributed by atoms with Crippen LogP contribution in [0.25, 0.3) is 5.76 Å². The number of benzene rings is 2. The van der Waals surface area contributed by atoms with Crippen LogP contribution in [0, 0.1) is 13.8 Å². The predicted octanol–water partition coefficient (Wildman–Crippen LogP) is 5.85. The monoisotopic (exact) mass is 470 g/mol. The van der Waals surface area contributed by atoms with Crippen molar-refractivity contribution in [1.82, 2.24) is 4.98 Å². The number of amides is 1. The fraction of sp³-hybridized carbons (Fsp3) is 0.276. The molecule has 1 N–H and O–H groups in total. The summed E-state index contributed by atoms with van der Waals surface area (Å²) in [6.45, 7) is 10.4. The van der Waals surface area contributed by atoms with Crippen LogP contribution in [-0.4, -0.2) is 28.4 Å². The van der Waals surface area contributed by atoms with Crippen molar-refractivity contribution in [3.05, 3.63) is 94.3 Å². The van der Waals surface area contributed by atoms with Crippen molar-refractivity contribution < 1.29 is 19.4 Å². The van der Waals surface area contributed by atoms with E-state index in [0.717, 1.165) is 22.4 Å². The van der Waals surface area contributed by atoms with Crippen LogP contribution in [-0.2, 0) is 9.59 Å². The Labute approximate surface area is 205 Å². The number of carbonyl (C=O) groups excluding carboxylic acids is 2. The van der Waals surface area contributed by atoms with Crippen molar-refractivity contribution in [2.75, 3.05) is 11.5 Å². The summed E-state index contributed by atoms with van der Waals surface area (Å²) in [5.74, 6) is -0.747. The van der Waals surface area contributed by atoms with Crippen LogP contribution in [0.1, 0.15) is 60.5 Å². The predicted molar refractivity (Wildman–Crippen MR) is 137 cm³/mol. The molecule has 2 heterocycles. The Hall–Kier alpha value is -3.93. The van der Waals surface area contributed by atoms with E-state index in [1.807, 2.05) is 65.0 Å². The molecule has 2 aromatic carbocycles. The van der Waals surface area contributed by atoms with E-state index in [2.05, 4.69) is 4.98 Å². The number of ketones is 1. The zero-order chi connectivity index (χ0) is 25.3. The second kappa shape index (κ2) is 9.74. The van der Waals surface area contributed by atoms with E-state index in [-0.39, 0.29) is 17.3 Å². The van der Waals surface area contributed by atoms with E-state index in [1.165, 1.54) is 4.90 Å². The minimum Gasteiger partial charge on any atom is -0.507 e. The number of aliphatic hydroxyl groups excluding tert-OH is 1. The second-order valence-electron chi connectivity index (χ2n) is 9.09. The smallest absolute Gasteiger partial charge is 0.300 e. The summed E-state index contributed by atoms with van der Waals surface area (Å²) >= 11 is 0. The number of anilines is 1. The lowest BCUT2D eigenvalue weighted by molar-refractivity contribution is -0.132. The second-order valence-corrected chi connectivity index (χ2v) is 9.09. The fourth-order valence-electron chi connectivity index (χ4n) is 4.60. The molecule has 180 valence electrons. The van der Waals surface area contributed by atoms with Crippen molar-refractivity contribution in [3.63, 3.8) is 0 Å². The molecule has 6 nitrogen and oxygen atoms in total. The van der Waals surface area contributed by atoms with Gasteiger partial charge < -0.3 is 9.84 Å². The van der Waals surface area contributed by atoms with Crippen LogP contribution >= 0.6 is 0 Å². The first-order valence-electron chi connectivity index (χ1n) is 11.8. The van der Waals surface area contributed by atoms with Gasteiger partial charge in [0, 0.05) is 23.6 Å². The van der Waals surface area contributed by atoms with Gasteiger partial charge in [0.15, 0.2) is 0 Å². The minimum atomic E-state index is -0.806. The number of aromatic nitrogens is 1. The highest BCUT2D eigenvalue weighted by molar-refractivity contribution is 6.51. The standard InChI is InChI=1S/C29H30N2O4/c1-6-35-24-12-10-20(15-22(24)17(2)3)27(32)25-26(21-8-7-13-30-16-21)31(29(34)28(25)33)23-11-9-18(4)14-19(23)5/h7-17,26,32H,6H2,1-5H3/b27-25-. The highest BCUT2D eigenvalue weighted by Gasteiger charge is 2.47. The van der Waals surface area contributed by atoms with Gasteiger partial charge in [-0.2, -0.15) is 0 Å². The summed E-state index contributed by atoms with van der Waals surface area (Å²) in [6.07, 6.45) is 3.26. The SMILES string of the molecule is CCOc1ccc(/C(O)=C2/C(=O)C(=O)N(c3ccc(C)cc3C)C2c2cccnc2)cc1C(C)C. The molecule has 0 saturated carbocycles. The first kappa shape index (κ1) is 24.2. The normalized spacial score (nSPS) is 17.3. The van der Waals surface area contributed by atoms with Gasteiger partial charge in [0.1, 0.15) is 11.5 Å². The molecule has 4 rings (SSSR count). The number of hydrogen-bond acceptors (Lipinski definition) is 5.